The van der Waals surface area contributed by atoms with E-state index in [-0.39, 0.29) is 0 Å². The molecule has 0 amide bonds. The molecule has 19 heavy (non-hydrogen) atoms. The van der Waals surface area contributed by atoms with Gasteiger partial charge in [0.1, 0.15) is 0 Å². The molecule has 4 nitrogen and oxygen atoms in total. The Balaban J connectivity index is 2.06. The highest BCUT2D eigenvalue weighted by molar-refractivity contribution is 9.10. The number of hydrogen-bond donors (Lipinski definition) is 1. The fourth-order valence-electron chi connectivity index (χ4n) is 1.64. The fourth-order valence-corrected chi connectivity index (χ4v) is 2.24. The van der Waals surface area contributed by atoms with E-state index in [1.54, 1.807) is 7.11 Å². The van der Waals surface area contributed by atoms with Crippen LogP contribution in [0.15, 0.2) is 34.9 Å². The van der Waals surface area contributed by atoms with Gasteiger partial charge in [-0.3, -0.25) is 0 Å². The molecule has 2 aromatic rings. The molecule has 0 atom stereocenters. The summed E-state index contributed by atoms with van der Waals surface area (Å²) >= 11 is 9.50. The standard InChI is InChI=1S/C13H15BrClN3O/c1-19-7-5-16-9-11-4-6-18(17-11)13-8-10(15)2-3-12(13)14/h2-4,6,8,16H,5,7,9H2,1H3. The number of hydrogen-bond acceptors (Lipinski definition) is 3. The molecule has 0 aliphatic carbocycles. The number of rotatable bonds is 6. The number of nitrogens with zero attached hydrogens (tertiary/aromatic N) is 2. The smallest absolute Gasteiger partial charge is 0.0802 e. The molecule has 0 bridgehead atoms. The van der Waals surface area contributed by atoms with Crippen molar-refractivity contribution >= 4 is 27.5 Å². The van der Waals surface area contributed by atoms with Crippen LogP contribution < -0.4 is 5.32 Å². The highest BCUT2D eigenvalue weighted by Gasteiger charge is 2.05. The Hall–Kier alpha value is -0.880. The fraction of sp³-hybridized carbons (Fsp3) is 0.308. The number of benzene rings is 1. The number of nitrogens with one attached hydrogen (secondary N) is 1. The van der Waals surface area contributed by atoms with Gasteiger partial charge >= 0.3 is 0 Å². The summed E-state index contributed by atoms with van der Waals surface area (Å²) in [5.41, 5.74) is 1.90. The van der Waals surface area contributed by atoms with Gasteiger partial charge in [0, 0.05) is 35.9 Å². The van der Waals surface area contributed by atoms with Crippen LogP contribution in [0.2, 0.25) is 5.02 Å². The normalized spacial score (nSPS) is 10.9. The second-order valence-corrected chi connectivity index (χ2v) is 5.31. The van der Waals surface area contributed by atoms with Gasteiger partial charge < -0.3 is 10.1 Å². The lowest BCUT2D eigenvalue weighted by Crippen LogP contribution is -2.18. The Morgan fingerprint density at radius 1 is 1.42 bits per heavy atom. The van der Waals surface area contributed by atoms with E-state index in [0.717, 1.165) is 22.4 Å². The van der Waals surface area contributed by atoms with Crippen molar-refractivity contribution in [3.05, 3.63) is 45.7 Å². The summed E-state index contributed by atoms with van der Waals surface area (Å²) in [4.78, 5) is 0. The minimum Gasteiger partial charge on any atom is -0.383 e. The lowest BCUT2D eigenvalue weighted by Gasteiger charge is -2.05. The summed E-state index contributed by atoms with van der Waals surface area (Å²) in [6, 6.07) is 7.61. The number of aromatic nitrogens is 2. The van der Waals surface area contributed by atoms with Crippen LogP contribution >= 0.6 is 27.5 Å². The van der Waals surface area contributed by atoms with Crippen LogP contribution in [0.4, 0.5) is 0 Å². The molecule has 0 unspecified atom stereocenters. The van der Waals surface area contributed by atoms with Crippen LogP contribution in [0.25, 0.3) is 5.69 Å². The van der Waals surface area contributed by atoms with Gasteiger partial charge in [0.25, 0.3) is 0 Å². The SMILES string of the molecule is COCCNCc1ccn(-c2cc(Cl)ccc2Br)n1. The molecule has 1 N–H and O–H groups in total. The maximum Gasteiger partial charge on any atom is 0.0802 e. The summed E-state index contributed by atoms with van der Waals surface area (Å²) in [6.07, 6.45) is 1.92. The first kappa shape index (κ1) is 14.5. The quantitative estimate of drug-likeness (QED) is 0.819. The molecule has 0 aliphatic rings. The van der Waals surface area contributed by atoms with Crippen LogP contribution in [-0.4, -0.2) is 30.0 Å². The van der Waals surface area contributed by atoms with E-state index in [9.17, 15) is 0 Å². The molecule has 0 radical (unpaired) electrons. The predicted molar refractivity (Wildman–Crippen MR) is 79.9 cm³/mol. The number of ether oxygens (including phenoxy) is 1. The van der Waals surface area contributed by atoms with Gasteiger partial charge in [-0.1, -0.05) is 11.6 Å². The van der Waals surface area contributed by atoms with E-state index in [1.165, 1.54) is 0 Å². The van der Waals surface area contributed by atoms with Crippen molar-refractivity contribution in [3.63, 3.8) is 0 Å². The molecule has 0 aliphatic heterocycles. The first-order valence-corrected chi connectivity index (χ1v) is 7.07. The van der Waals surface area contributed by atoms with E-state index in [0.29, 0.717) is 18.2 Å². The van der Waals surface area contributed by atoms with Crippen LogP contribution in [0.3, 0.4) is 0 Å². The molecule has 102 valence electrons. The summed E-state index contributed by atoms with van der Waals surface area (Å²) in [6.45, 7) is 2.22. The van der Waals surface area contributed by atoms with E-state index < -0.39 is 0 Å². The lowest BCUT2D eigenvalue weighted by molar-refractivity contribution is 0.199. The van der Waals surface area contributed by atoms with E-state index in [2.05, 4.69) is 26.3 Å². The van der Waals surface area contributed by atoms with E-state index in [1.807, 2.05) is 35.1 Å². The highest BCUT2D eigenvalue weighted by Crippen LogP contribution is 2.24. The van der Waals surface area contributed by atoms with Crippen LogP contribution in [0, 0.1) is 0 Å². The molecule has 0 spiro atoms. The van der Waals surface area contributed by atoms with Crippen LogP contribution in [0.5, 0.6) is 0 Å². The largest absolute Gasteiger partial charge is 0.383 e. The average Bonchev–Trinajstić information content (AvgIpc) is 2.86. The zero-order valence-electron chi connectivity index (χ0n) is 10.6. The van der Waals surface area contributed by atoms with E-state index in [4.69, 9.17) is 16.3 Å². The third-order valence-corrected chi connectivity index (χ3v) is 3.49. The third kappa shape index (κ3) is 4.04. The van der Waals surface area contributed by atoms with Crippen LogP contribution in [-0.2, 0) is 11.3 Å². The van der Waals surface area contributed by atoms with Crippen molar-refractivity contribution in [2.75, 3.05) is 20.3 Å². The molecule has 1 aromatic carbocycles. The molecule has 0 saturated heterocycles. The molecular weight excluding hydrogens is 330 g/mol. The highest BCUT2D eigenvalue weighted by atomic mass is 79.9. The second kappa shape index (κ2) is 7.05. The molecule has 6 heteroatoms. The van der Waals surface area contributed by atoms with Gasteiger partial charge in [-0.25, -0.2) is 4.68 Å². The third-order valence-electron chi connectivity index (χ3n) is 2.59. The van der Waals surface area contributed by atoms with Gasteiger partial charge in [0.15, 0.2) is 0 Å². The summed E-state index contributed by atoms with van der Waals surface area (Å²) in [5, 5.41) is 8.45. The number of methoxy groups -OCH3 is 1. The molecule has 1 aromatic heterocycles. The topological polar surface area (TPSA) is 39.1 Å². The van der Waals surface area contributed by atoms with Gasteiger partial charge in [0.05, 0.1) is 18.0 Å². The molecule has 0 saturated carbocycles. The summed E-state index contributed by atoms with van der Waals surface area (Å²) in [7, 11) is 1.69. The maximum atomic E-state index is 6.00. The van der Waals surface area contributed by atoms with Crippen LogP contribution in [0.1, 0.15) is 5.69 Å². The van der Waals surface area contributed by atoms with Crippen molar-refractivity contribution < 1.29 is 4.74 Å². The van der Waals surface area contributed by atoms with Crippen molar-refractivity contribution in [1.29, 1.82) is 0 Å². The Morgan fingerprint density at radius 2 is 2.26 bits per heavy atom. The molecule has 1 heterocycles. The maximum absolute atomic E-state index is 6.00. The molecular formula is C13H15BrClN3O. The summed E-state index contributed by atoms with van der Waals surface area (Å²) < 4.78 is 7.74. The minimum atomic E-state index is 0.688. The average molecular weight is 345 g/mol. The monoisotopic (exact) mass is 343 g/mol. The minimum absolute atomic E-state index is 0.688. The Kier molecular flexibility index (Phi) is 5.39. The van der Waals surface area contributed by atoms with Gasteiger partial charge in [-0.2, -0.15) is 5.10 Å². The molecule has 2 rings (SSSR count). The van der Waals surface area contributed by atoms with Gasteiger partial charge in [-0.05, 0) is 40.2 Å². The van der Waals surface area contributed by atoms with Crippen molar-refractivity contribution in [1.82, 2.24) is 15.1 Å². The van der Waals surface area contributed by atoms with Crippen molar-refractivity contribution in [2.24, 2.45) is 0 Å². The van der Waals surface area contributed by atoms with Gasteiger partial charge in [0.2, 0.25) is 0 Å². The molecule has 0 fully saturated rings. The Bertz CT molecular complexity index is 544. The van der Waals surface area contributed by atoms with Crippen molar-refractivity contribution in [2.45, 2.75) is 6.54 Å². The second-order valence-electron chi connectivity index (χ2n) is 4.02. The Morgan fingerprint density at radius 3 is 3.05 bits per heavy atom. The first-order valence-electron chi connectivity index (χ1n) is 5.90. The first-order chi connectivity index (χ1) is 9.20. The zero-order valence-corrected chi connectivity index (χ0v) is 12.9. The number of halogens is 2. The zero-order chi connectivity index (χ0) is 13.7. The predicted octanol–water partition coefficient (Wildman–Crippen LogP) is 3.02. The van der Waals surface area contributed by atoms with E-state index >= 15 is 0 Å². The van der Waals surface area contributed by atoms with Gasteiger partial charge in [-0.15, -0.1) is 0 Å². The Labute approximate surface area is 125 Å². The summed E-state index contributed by atoms with van der Waals surface area (Å²) in [5.74, 6) is 0. The lowest BCUT2D eigenvalue weighted by atomic mass is 10.3. The van der Waals surface area contributed by atoms with Crippen molar-refractivity contribution in [3.8, 4) is 5.69 Å².